The number of unbranched alkanes of at least 4 members (excludes halogenated alkanes) is 1. The Morgan fingerprint density at radius 1 is 0.929 bits per heavy atom. The number of hydrogen-bond acceptors (Lipinski definition) is 3. The van der Waals surface area contributed by atoms with E-state index in [0.717, 1.165) is 51.6 Å². The van der Waals surface area contributed by atoms with Gasteiger partial charge >= 0.3 is 0 Å². The first-order valence-corrected chi connectivity index (χ1v) is 5.64. The van der Waals surface area contributed by atoms with Crippen molar-refractivity contribution < 1.29 is 9.47 Å². The Kier molecular flexibility index (Phi) is 11.4. The van der Waals surface area contributed by atoms with Gasteiger partial charge in [-0.3, -0.25) is 4.90 Å². The SMILES string of the molecule is COCCN(CCCCCl)CCOC. The van der Waals surface area contributed by atoms with E-state index in [0.29, 0.717) is 0 Å². The lowest BCUT2D eigenvalue weighted by molar-refractivity contribution is 0.113. The third kappa shape index (κ3) is 8.75. The van der Waals surface area contributed by atoms with Crippen LogP contribution in [0.15, 0.2) is 0 Å². The van der Waals surface area contributed by atoms with Gasteiger partial charge in [-0.05, 0) is 19.4 Å². The second kappa shape index (κ2) is 11.2. The molecule has 0 aliphatic heterocycles. The van der Waals surface area contributed by atoms with Crippen molar-refractivity contribution in [1.82, 2.24) is 4.90 Å². The molecule has 0 aromatic rings. The minimum absolute atomic E-state index is 0.752. The number of halogens is 1. The summed E-state index contributed by atoms with van der Waals surface area (Å²) in [5.41, 5.74) is 0. The summed E-state index contributed by atoms with van der Waals surface area (Å²) < 4.78 is 10.1. The second-order valence-electron chi connectivity index (χ2n) is 3.22. The first-order valence-electron chi connectivity index (χ1n) is 5.11. The van der Waals surface area contributed by atoms with Crippen LogP contribution in [-0.4, -0.2) is 57.8 Å². The van der Waals surface area contributed by atoms with E-state index in [1.54, 1.807) is 14.2 Å². The highest BCUT2D eigenvalue weighted by Crippen LogP contribution is 1.97. The molecule has 0 heterocycles. The lowest BCUT2D eigenvalue weighted by Gasteiger charge is -2.21. The van der Waals surface area contributed by atoms with Gasteiger partial charge in [-0.15, -0.1) is 11.6 Å². The predicted molar refractivity (Wildman–Crippen MR) is 60.1 cm³/mol. The van der Waals surface area contributed by atoms with Gasteiger partial charge in [-0.1, -0.05) is 0 Å². The van der Waals surface area contributed by atoms with Gasteiger partial charge in [-0.25, -0.2) is 0 Å². The lowest BCUT2D eigenvalue weighted by Crippen LogP contribution is -2.31. The van der Waals surface area contributed by atoms with Crippen molar-refractivity contribution in [2.75, 3.05) is 52.9 Å². The number of ether oxygens (including phenoxy) is 2. The van der Waals surface area contributed by atoms with Crippen LogP contribution in [0.2, 0.25) is 0 Å². The van der Waals surface area contributed by atoms with E-state index >= 15 is 0 Å². The van der Waals surface area contributed by atoms with Crippen molar-refractivity contribution >= 4 is 11.6 Å². The molecular weight excluding hydrogens is 202 g/mol. The molecule has 0 radical (unpaired) electrons. The summed E-state index contributed by atoms with van der Waals surface area (Å²) in [6.07, 6.45) is 2.23. The molecule has 86 valence electrons. The van der Waals surface area contributed by atoms with Crippen LogP contribution in [0.25, 0.3) is 0 Å². The van der Waals surface area contributed by atoms with Crippen molar-refractivity contribution in [3.05, 3.63) is 0 Å². The average Bonchev–Trinajstić information content (AvgIpc) is 2.21. The quantitative estimate of drug-likeness (QED) is 0.415. The minimum Gasteiger partial charge on any atom is -0.383 e. The highest BCUT2D eigenvalue weighted by atomic mass is 35.5. The Morgan fingerprint density at radius 3 is 1.93 bits per heavy atom. The van der Waals surface area contributed by atoms with Gasteiger partial charge in [0.05, 0.1) is 13.2 Å². The molecule has 0 aromatic carbocycles. The molecule has 0 fully saturated rings. The third-order valence-corrected chi connectivity index (χ3v) is 2.35. The monoisotopic (exact) mass is 223 g/mol. The Labute approximate surface area is 92.3 Å². The smallest absolute Gasteiger partial charge is 0.0589 e. The summed E-state index contributed by atoms with van der Waals surface area (Å²) in [5.74, 6) is 0.752. The van der Waals surface area contributed by atoms with Gasteiger partial charge in [0.2, 0.25) is 0 Å². The predicted octanol–water partition coefficient (Wildman–Crippen LogP) is 1.60. The largest absolute Gasteiger partial charge is 0.383 e. The van der Waals surface area contributed by atoms with Crippen LogP contribution in [0.4, 0.5) is 0 Å². The molecule has 0 N–H and O–H groups in total. The normalized spacial score (nSPS) is 11.1. The van der Waals surface area contributed by atoms with Crippen LogP contribution in [-0.2, 0) is 9.47 Å². The van der Waals surface area contributed by atoms with E-state index in [-0.39, 0.29) is 0 Å². The average molecular weight is 224 g/mol. The Hall–Kier alpha value is 0.170. The number of nitrogens with zero attached hydrogens (tertiary/aromatic N) is 1. The van der Waals surface area contributed by atoms with Crippen LogP contribution < -0.4 is 0 Å². The molecule has 0 saturated heterocycles. The standard InChI is InChI=1S/C10H22ClNO2/c1-13-9-7-12(8-10-14-2)6-4-3-5-11/h3-10H2,1-2H3. The Morgan fingerprint density at radius 2 is 1.50 bits per heavy atom. The summed E-state index contributed by atoms with van der Waals surface area (Å²) in [6, 6.07) is 0. The summed E-state index contributed by atoms with van der Waals surface area (Å²) in [6.45, 7) is 4.60. The molecule has 0 aliphatic rings. The summed E-state index contributed by atoms with van der Waals surface area (Å²) in [7, 11) is 3.46. The Balaban J connectivity index is 3.49. The van der Waals surface area contributed by atoms with Crippen molar-refractivity contribution in [1.29, 1.82) is 0 Å². The van der Waals surface area contributed by atoms with Gasteiger partial charge in [0, 0.05) is 33.2 Å². The zero-order valence-corrected chi connectivity index (χ0v) is 10.1. The zero-order valence-electron chi connectivity index (χ0n) is 9.30. The van der Waals surface area contributed by atoms with Crippen LogP contribution in [0, 0.1) is 0 Å². The maximum Gasteiger partial charge on any atom is 0.0589 e. The topological polar surface area (TPSA) is 21.7 Å². The first-order chi connectivity index (χ1) is 6.85. The van der Waals surface area contributed by atoms with Crippen molar-refractivity contribution in [2.24, 2.45) is 0 Å². The molecule has 0 unspecified atom stereocenters. The van der Waals surface area contributed by atoms with Crippen LogP contribution in [0.1, 0.15) is 12.8 Å². The van der Waals surface area contributed by atoms with Gasteiger partial charge in [0.25, 0.3) is 0 Å². The molecule has 0 rings (SSSR count). The van der Waals surface area contributed by atoms with E-state index in [1.165, 1.54) is 0 Å². The molecule has 3 nitrogen and oxygen atoms in total. The maximum atomic E-state index is 5.63. The van der Waals surface area contributed by atoms with Gasteiger partial charge in [-0.2, -0.15) is 0 Å². The van der Waals surface area contributed by atoms with Gasteiger partial charge < -0.3 is 9.47 Å². The van der Waals surface area contributed by atoms with E-state index in [9.17, 15) is 0 Å². The fourth-order valence-corrected chi connectivity index (χ4v) is 1.40. The number of alkyl halides is 1. The van der Waals surface area contributed by atoms with Crippen LogP contribution in [0.3, 0.4) is 0 Å². The summed E-state index contributed by atoms with van der Waals surface area (Å²) >= 11 is 5.63. The molecule has 0 spiro atoms. The zero-order chi connectivity index (χ0) is 10.6. The first kappa shape index (κ1) is 14.2. The minimum atomic E-state index is 0.752. The molecule has 0 atom stereocenters. The molecule has 0 saturated carbocycles. The van der Waals surface area contributed by atoms with Gasteiger partial charge in [0.1, 0.15) is 0 Å². The fourth-order valence-electron chi connectivity index (χ4n) is 1.21. The number of methoxy groups -OCH3 is 2. The molecule has 14 heavy (non-hydrogen) atoms. The maximum absolute atomic E-state index is 5.63. The summed E-state index contributed by atoms with van der Waals surface area (Å²) in [5, 5.41) is 0. The van der Waals surface area contributed by atoms with Crippen molar-refractivity contribution in [3.8, 4) is 0 Å². The van der Waals surface area contributed by atoms with E-state index in [4.69, 9.17) is 21.1 Å². The van der Waals surface area contributed by atoms with E-state index in [1.807, 2.05) is 0 Å². The van der Waals surface area contributed by atoms with E-state index < -0.39 is 0 Å². The van der Waals surface area contributed by atoms with Crippen molar-refractivity contribution in [2.45, 2.75) is 12.8 Å². The number of rotatable bonds is 10. The summed E-state index contributed by atoms with van der Waals surface area (Å²) in [4.78, 5) is 2.35. The number of hydrogen-bond donors (Lipinski definition) is 0. The molecule has 4 heteroatoms. The molecule has 0 bridgehead atoms. The third-order valence-electron chi connectivity index (χ3n) is 2.08. The van der Waals surface area contributed by atoms with Crippen LogP contribution in [0.5, 0.6) is 0 Å². The lowest BCUT2D eigenvalue weighted by atomic mass is 10.3. The van der Waals surface area contributed by atoms with E-state index in [2.05, 4.69) is 4.90 Å². The van der Waals surface area contributed by atoms with Crippen molar-refractivity contribution in [3.63, 3.8) is 0 Å². The molecule has 0 aliphatic carbocycles. The van der Waals surface area contributed by atoms with Gasteiger partial charge in [0.15, 0.2) is 0 Å². The highest BCUT2D eigenvalue weighted by Gasteiger charge is 2.03. The highest BCUT2D eigenvalue weighted by molar-refractivity contribution is 6.17. The van der Waals surface area contributed by atoms with Crippen LogP contribution >= 0.6 is 11.6 Å². The molecular formula is C10H22ClNO2. The second-order valence-corrected chi connectivity index (χ2v) is 3.60. The Bertz CT molecular complexity index is 106. The fraction of sp³-hybridized carbons (Fsp3) is 1.00. The molecule has 0 aromatic heterocycles. The molecule has 0 amide bonds.